The molecule has 2 aromatic carbocycles. The number of hydrogen-bond acceptors (Lipinski definition) is 4. The van der Waals surface area contributed by atoms with Crippen LogP contribution in [0.4, 0.5) is 5.69 Å². The summed E-state index contributed by atoms with van der Waals surface area (Å²) in [6, 6.07) is 13.6. The molecule has 0 spiro atoms. The van der Waals surface area contributed by atoms with Gasteiger partial charge in [-0.15, -0.1) is 0 Å². The average Bonchev–Trinajstić information content (AvgIpc) is 3.02. The van der Waals surface area contributed by atoms with Crippen LogP contribution in [0.3, 0.4) is 0 Å². The number of imidazole rings is 1. The van der Waals surface area contributed by atoms with Crippen molar-refractivity contribution in [1.82, 2.24) is 19.8 Å². The quantitative estimate of drug-likeness (QED) is 0.712. The Bertz CT molecular complexity index is 1070. The number of aryl methyl sites for hydroxylation is 1. The molecule has 3 aromatic rings. The van der Waals surface area contributed by atoms with E-state index in [-0.39, 0.29) is 17.6 Å². The molecular weight excluding hydrogens is 366 g/mol. The highest BCUT2D eigenvalue weighted by Crippen LogP contribution is 2.21. The number of carbonyl (C=O) groups excluding carboxylic acids is 1. The van der Waals surface area contributed by atoms with Gasteiger partial charge in [-0.05, 0) is 43.8 Å². The molecule has 1 saturated heterocycles. The maximum absolute atomic E-state index is 12.9. The SMILES string of the molecule is CC(NC(=O)c1cccc2c1[nH]c(=O)n2C)c1ccc(N2CCN(C)CC2)cc1. The van der Waals surface area contributed by atoms with Gasteiger partial charge < -0.3 is 20.1 Å². The molecule has 1 amide bonds. The van der Waals surface area contributed by atoms with E-state index in [1.165, 1.54) is 10.3 Å². The molecule has 1 aromatic heterocycles. The second-order valence-electron chi connectivity index (χ2n) is 7.77. The van der Waals surface area contributed by atoms with Crippen LogP contribution in [0.1, 0.15) is 28.9 Å². The number of nitrogens with zero attached hydrogens (tertiary/aromatic N) is 3. The van der Waals surface area contributed by atoms with Crippen LogP contribution in [-0.4, -0.2) is 53.6 Å². The van der Waals surface area contributed by atoms with E-state index >= 15 is 0 Å². The van der Waals surface area contributed by atoms with Crippen LogP contribution in [0.25, 0.3) is 11.0 Å². The minimum absolute atomic E-state index is 0.144. The molecule has 0 aliphatic carbocycles. The van der Waals surface area contributed by atoms with Crippen molar-refractivity contribution in [3.63, 3.8) is 0 Å². The van der Waals surface area contributed by atoms with Crippen molar-refractivity contribution < 1.29 is 4.79 Å². The molecule has 29 heavy (non-hydrogen) atoms. The van der Waals surface area contributed by atoms with E-state index in [1.54, 1.807) is 19.2 Å². The highest BCUT2D eigenvalue weighted by Gasteiger charge is 2.18. The van der Waals surface area contributed by atoms with Gasteiger partial charge in [0.15, 0.2) is 0 Å². The fourth-order valence-electron chi connectivity index (χ4n) is 3.84. The number of fused-ring (bicyclic) bond motifs is 1. The van der Waals surface area contributed by atoms with E-state index in [0.29, 0.717) is 16.6 Å². The Labute approximate surface area is 169 Å². The Morgan fingerprint density at radius 1 is 1.03 bits per heavy atom. The van der Waals surface area contributed by atoms with E-state index < -0.39 is 0 Å². The van der Waals surface area contributed by atoms with Gasteiger partial charge in [0.25, 0.3) is 5.91 Å². The number of para-hydroxylation sites is 1. The van der Waals surface area contributed by atoms with E-state index in [4.69, 9.17) is 0 Å². The van der Waals surface area contributed by atoms with Crippen LogP contribution in [-0.2, 0) is 7.05 Å². The number of hydrogen-bond donors (Lipinski definition) is 2. The van der Waals surface area contributed by atoms with Gasteiger partial charge in [0.2, 0.25) is 0 Å². The van der Waals surface area contributed by atoms with Crippen LogP contribution >= 0.6 is 0 Å². The van der Waals surface area contributed by atoms with Crippen molar-refractivity contribution in [3.8, 4) is 0 Å². The largest absolute Gasteiger partial charge is 0.369 e. The Morgan fingerprint density at radius 2 is 1.72 bits per heavy atom. The van der Waals surface area contributed by atoms with E-state index in [1.807, 2.05) is 13.0 Å². The maximum Gasteiger partial charge on any atom is 0.326 e. The number of benzene rings is 2. The number of rotatable bonds is 4. The molecular formula is C22H27N5O2. The van der Waals surface area contributed by atoms with E-state index in [9.17, 15) is 9.59 Å². The Balaban J connectivity index is 1.48. The molecule has 1 aliphatic heterocycles. The number of carbonyl (C=O) groups is 1. The third kappa shape index (κ3) is 3.78. The predicted octanol–water partition coefficient (Wildman–Crippen LogP) is 2.11. The second-order valence-corrected chi connectivity index (χ2v) is 7.77. The topological polar surface area (TPSA) is 73.4 Å². The summed E-state index contributed by atoms with van der Waals surface area (Å²) in [5, 5.41) is 3.05. The molecule has 4 rings (SSSR count). The first-order valence-electron chi connectivity index (χ1n) is 9.96. The molecule has 1 atom stereocenters. The van der Waals surface area contributed by atoms with Gasteiger partial charge >= 0.3 is 5.69 Å². The van der Waals surface area contributed by atoms with Crippen LogP contribution < -0.4 is 15.9 Å². The zero-order valence-electron chi connectivity index (χ0n) is 17.1. The van der Waals surface area contributed by atoms with Crippen LogP contribution in [0.5, 0.6) is 0 Å². The molecule has 7 heteroatoms. The number of H-pyrrole nitrogens is 1. The van der Waals surface area contributed by atoms with Crippen molar-refractivity contribution in [2.24, 2.45) is 7.05 Å². The monoisotopic (exact) mass is 393 g/mol. The zero-order valence-corrected chi connectivity index (χ0v) is 17.1. The highest BCUT2D eigenvalue weighted by atomic mass is 16.2. The van der Waals surface area contributed by atoms with Gasteiger partial charge in [-0.2, -0.15) is 0 Å². The van der Waals surface area contributed by atoms with Gasteiger partial charge in [-0.3, -0.25) is 9.36 Å². The molecule has 152 valence electrons. The molecule has 7 nitrogen and oxygen atoms in total. The number of piperazine rings is 1. The molecule has 1 unspecified atom stereocenters. The Morgan fingerprint density at radius 3 is 2.41 bits per heavy atom. The summed E-state index contributed by atoms with van der Waals surface area (Å²) in [5.41, 5.74) is 3.79. The summed E-state index contributed by atoms with van der Waals surface area (Å²) < 4.78 is 1.51. The maximum atomic E-state index is 12.9. The number of anilines is 1. The molecule has 2 heterocycles. The normalized spacial score (nSPS) is 16.2. The summed E-state index contributed by atoms with van der Waals surface area (Å²) in [7, 11) is 3.84. The van der Waals surface area contributed by atoms with E-state index in [2.05, 4.69) is 51.4 Å². The van der Waals surface area contributed by atoms with Gasteiger partial charge in [0.1, 0.15) is 0 Å². The Hall–Kier alpha value is -3.06. The lowest BCUT2D eigenvalue weighted by atomic mass is 10.1. The molecule has 1 fully saturated rings. The number of nitrogens with one attached hydrogen (secondary N) is 2. The van der Waals surface area contributed by atoms with Crippen molar-refractivity contribution in [2.45, 2.75) is 13.0 Å². The number of aromatic nitrogens is 2. The first kappa shape index (κ1) is 19.3. The van der Waals surface area contributed by atoms with Crippen molar-refractivity contribution >= 4 is 22.6 Å². The van der Waals surface area contributed by atoms with Crippen LogP contribution in [0.2, 0.25) is 0 Å². The third-order valence-corrected chi connectivity index (χ3v) is 5.79. The zero-order chi connectivity index (χ0) is 20.5. The summed E-state index contributed by atoms with van der Waals surface area (Å²) >= 11 is 0. The third-order valence-electron chi connectivity index (χ3n) is 5.79. The van der Waals surface area contributed by atoms with Crippen LogP contribution in [0.15, 0.2) is 47.3 Å². The summed E-state index contributed by atoms with van der Waals surface area (Å²) in [4.78, 5) is 32.3. The predicted molar refractivity (Wildman–Crippen MR) is 116 cm³/mol. The molecule has 0 saturated carbocycles. The van der Waals surface area contributed by atoms with Crippen molar-refractivity contribution in [1.29, 1.82) is 0 Å². The highest BCUT2D eigenvalue weighted by molar-refractivity contribution is 6.05. The van der Waals surface area contributed by atoms with E-state index in [0.717, 1.165) is 31.7 Å². The lowest BCUT2D eigenvalue weighted by Gasteiger charge is -2.34. The minimum Gasteiger partial charge on any atom is -0.369 e. The van der Waals surface area contributed by atoms with Gasteiger partial charge in [-0.25, -0.2) is 4.79 Å². The van der Waals surface area contributed by atoms with Gasteiger partial charge in [0.05, 0.1) is 22.6 Å². The standard InChI is InChI=1S/C22H27N5O2/c1-15(16-7-9-17(10-8-16)27-13-11-25(2)12-14-27)23-21(28)18-5-4-6-19-20(18)24-22(29)26(19)3/h4-10,15H,11-14H2,1-3H3,(H,23,28)(H,24,29). The molecule has 1 aliphatic rings. The summed E-state index contributed by atoms with van der Waals surface area (Å²) in [5.74, 6) is -0.201. The lowest BCUT2D eigenvalue weighted by Crippen LogP contribution is -2.44. The van der Waals surface area contributed by atoms with Crippen molar-refractivity contribution in [3.05, 3.63) is 64.1 Å². The molecule has 2 N–H and O–H groups in total. The average molecular weight is 393 g/mol. The fraction of sp³-hybridized carbons (Fsp3) is 0.364. The number of likely N-dealkylation sites (N-methyl/N-ethyl adjacent to an activating group) is 1. The summed E-state index contributed by atoms with van der Waals surface area (Å²) in [6.07, 6.45) is 0. The van der Waals surface area contributed by atoms with Crippen LogP contribution in [0, 0.1) is 0 Å². The van der Waals surface area contributed by atoms with Crippen molar-refractivity contribution in [2.75, 3.05) is 38.1 Å². The smallest absolute Gasteiger partial charge is 0.326 e. The molecule has 0 radical (unpaired) electrons. The van der Waals surface area contributed by atoms with Gasteiger partial charge in [0, 0.05) is 38.9 Å². The van der Waals surface area contributed by atoms with Gasteiger partial charge in [-0.1, -0.05) is 18.2 Å². The summed E-state index contributed by atoms with van der Waals surface area (Å²) in [6.45, 7) is 6.17. The minimum atomic E-state index is -0.229. The fourth-order valence-corrected chi connectivity index (χ4v) is 3.84. The first-order chi connectivity index (χ1) is 13.9. The number of amides is 1. The molecule has 0 bridgehead atoms. The second kappa shape index (κ2) is 7.75. The first-order valence-corrected chi connectivity index (χ1v) is 9.96. The Kier molecular flexibility index (Phi) is 5.15. The lowest BCUT2D eigenvalue weighted by molar-refractivity contribution is 0.0941. The number of aromatic amines is 1.